The Hall–Kier alpha value is -1.00. The smallest absolute Gasteiger partial charge is 0.303 e. The maximum absolute atomic E-state index is 11.5. The second kappa shape index (κ2) is 8.79. The van der Waals surface area contributed by atoms with Crippen molar-refractivity contribution in [2.45, 2.75) is 83.5 Å². The quantitative estimate of drug-likeness (QED) is 0.537. The molecule has 1 rings (SSSR count). The Kier molecular flexibility index (Phi) is 7.79. The number of aliphatic hydroxyl groups is 1. The zero-order valence-corrected chi connectivity index (χ0v) is 17.9. The number of carbonyl (C=O) groups is 2. The van der Waals surface area contributed by atoms with Crippen molar-refractivity contribution < 1.29 is 38.1 Å². The third-order valence-electron chi connectivity index (χ3n) is 4.87. The molecule has 0 aromatic rings. The Morgan fingerprint density at radius 2 is 1.58 bits per heavy atom. The number of methoxy groups -OCH3 is 1. The van der Waals surface area contributed by atoms with Crippen LogP contribution in [0.5, 0.6) is 0 Å². The molecular weight excluding hydrogens is 360 g/mol. The van der Waals surface area contributed by atoms with E-state index < -0.39 is 51.0 Å². The van der Waals surface area contributed by atoms with Crippen molar-refractivity contribution in [1.29, 1.82) is 0 Å². The molecule has 9 heteroatoms. The number of hydrogen-bond donors (Lipinski definition) is 1. The maximum atomic E-state index is 11.5. The van der Waals surface area contributed by atoms with Crippen LogP contribution >= 0.6 is 0 Å². The molecule has 0 aliphatic carbocycles. The summed E-state index contributed by atoms with van der Waals surface area (Å²) in [7, 11) is -0.722. The van der Waals surface area contributed by atoms with Gasteiger partial charge in [-0.3, -0.25) is 9.59 Å². The van der Waals surface area contributed by atoms with E-state index in [1.165, 1.54) is 21.0 Å². The van der Waals surface area contributed by atoms with Crippen molar-refractivity contribution in [1.82, 2.24) is 0 Å². The van der Waals surface area contributed by atoms with Gasteiger partial charge in [0.1, 0.15) is 12.2 Å². The Morgan fingerprint density at radius 1 is 1.08 bits per heavy atom. The lowest BCUT2D eigenvalue weighted by Crippen LogP contribution is -2.62. The van der Waals surface area contributed by atoms with Crippen LogP contribution in [-0.4, -0.2) is 69.8 Å². The summed E-state index contributed by atoms with van der Waals surface area (Å²) in [5, 5.41) is 10.4. The first-order valence-electron chi connectivity index (χ1n) is 8.65. The lowest BCUT2D eigenvalue weighted by Gasteiger charge is -2.44. The third kappa shape index (κ3) is 5.75. The summed E-state index contributed by atoms with van der Waals surface area (Å²) in [5.74, 6) is -1.18. The standard InChI is InChI=1S/C17H32O8Si/c1-10(18)23-14-12(9-22-26(7,8)17(3,4)5)25-16(21-6)13(20)15(14)24-11(2)19/h12-16,20H,9H2,1-8H3/t12-,13-,14-,15-,16+/m1/s1. The Morgan fingerprint density at radius 3 is 2.00 bits per heavy atom. The lowest BCUT2D eigenvalue weighted by molar-refractivity contribution is -0.298. The van der Waals surface area contributed by atoms with Gasteiger partial charge in [-0.1, -0.05) is 20.8 Å². The molecule has 0 unspecified atom stereocenters. The van der Waals surface area contributed by atoms with Crippen molar-refractivity contribution in [3.63, 3.8) is 0 Å². The van der Waals surface area contributed by atoms with Gasteiger partial charge in [-0.2, -0.15) is 0 Å². The molecule has 1 aliphatic rings. The Labute approximate surface area is 156 Å². The summed E-state index contributed by atoms with van der Waals surface area (Å²) in [6, 6.07) is 0. The van der Waals surface area contributed by atoms with Crippen molar-refractivity contribution in [3.8, 4) is 0 Å². The van der Waals surface area contributed by atoms with Crippen molar-refractivity contribution in [3.05, 3.63) is 0 Å². The summed E-state index contributed by atoms with van der Waals surface area (Å²) in [5.41, 5.74) is 0. The summed E-state index contributed by atoms with van der Waals surface area (Å²) in [4.78, 5) is 23.0. The molecular formula is C17H32O8Si. The van der Waals surface area contributed by atoms with Gasteiger partial charge in [-0.25, -0.2) is 0 Å². The number of carbonyl (C=O) groups excluding carboxylic acids is 2. The molecule has 1 saturated heterocycles. The van der Waals surface area contributed by atoms with Gasteiger partial charge >= 0.3 is 11.9 Å². The molecule has 1 N–H and O–H groups in total. The fourth-order valence-electron chi connectivity index (χ4n) is 2.39. The molecule has 0 amide bonds. The molecule has 0 spiro atoms. The maximum Gasteiger partial charge on any atom is 0.303 e. The SMILES string of the molecule is CO[C@H]1O[C@H](CO[Si](C)(C)C(C)(C)C)[C@@H](OC(C)=O)[C@H](OC(C)=O)[C@H]1O. The van der Waals surface area contributed by atoms with Gasteiger partial charge in [0.25, 0.3) is 0 Å². The predicted octanol–water partition coefficient (Wildman–Crippen LogP) is 1.60. The van der Waals surface area contributed by atoms with E-state index >= 15 is 0 Å². The number of rotatable bonds is 6. The molecule has 0 aromatic heterocycles. The van der Waals surface area contributed by atoms with E-state index in [1.54, 1.807) is 0 Å². The third-order valence-corrected chi connectivity index (χ3v) is 9.37. The number of ether oxygens (including phenoxy) is 4. The fourth-order valence-corrected chi connectivity index (χ4v) is 3.40. The van der Waals surface area contributed by atoms with Crippen LogP contribution < -0.4 is 0 Å². The number of aliphatic hydroxyl groups excluding tert-OH is 1. The molecule has 5 atom stereocenters. The minimum atomic E-state index is -2.09. The first-order valence-corrected chi connectivity index (χ1v) is 11.6. The van der Waals surface area contributed by atoms with Crippen molar-refractivity contribution in [2.75, 3.05) is 13.7 Å². The highest BCUT2D eigenvalue weighted by Crippen LogP contribution is 2.37. The second-order valence-corrected chi connectivity index (χ2v) is 12.8. The number of esters is 2. The largest absolute Gasteiger partial charge is 0.456 e. The van der Waals surface area contributed by atoms with E-state index in [1.807, 2.05) is 0 Å². The normalized spacial score (nSPS) is 30.0. The summed E-state index contributed by atoms with van der Waals surface area (Å²) < 4.78 is 27.6. The van der Waals surface area contributed by atoms with Gasteiger partial charge in [-0.15, -0.1) is 0 Å². The van der Waals surface area contributed by atoms with Gasteiger partial charge in [-0.05, 0) is 18.1 Å². The van der Waals surface area contributed by atoms with Gasteiger partial charge in [0.15, 0.2) is 26.8 Å². The molecule has 0 aromatic carbocycles. The van der Waals surface area contributed by atoms with Crippen LogP contribution in [0.1, 0.15) is 34.6 Å². The Bertz CT molecular complexity index is 501. The second-order valence-electron chi connectivity index (χ2n) is 7.99. The van der Waals surface area contributed by atoms with Crippen molar-refractivity contribution >= 4 is 20.3 Å². The summed E-state index contributed by atoms with van der Waals surface area (Å²) in [6.07, 6.45) is -5.17. The van der Waals surface area contributed by atoms with E-state index in [0.29, 0.717) is 0 Å². The van der Waals surface area contributed by atoms with Crippen LogP contribution in [-0.2, 0) is 33.0 Å². The van der Waals surface area contributed by atoms with Crippen LogP contribution in [0.3, 0.4) is 0 Å². The molecule has 0 saturated carbocycles. The molecule has 1 fully saturated rings. The summed E-state index contributed by atoms with van der Waals surface area (Å²) >= 11 is 0. The highest BCUT2D eigenvalue weighted by atomic mass is 28.4. The lowest BCUT2D eigenvalue weighted by atomic mass is 9.98. The van der Waals surface area contributed by atoms with Crippen LogP contribution in [0.4, 0.5) is 0 Å². The van der Waals surface area contributed by atoms with Gasteiger partial charge in [0.2, 0.25) is 0 Å². The highest BCUT2D eigenvalue weighted by Gasteiger charge is 2.50. The van der Waals surface area contributed by atoms with Crippen LogP contribution in [0.2, 0.25) is 18.1 Å². The predicted molar refractivity (Wildman–Crippen MR) is 95.9 cm³/mol. The topological polar surface area (TPSA) is 101 Å². The first-order chi connectivity index (χ1) is 11.8. The van der Waals surface area contributed by atoms with Crippen molar-refractivity contribution in [2.24, 2.45) is 0 Å². The van der Waals surface area contributed by atoms with E-state index in [4.69, 9.17) is 23.4 Å². The minimum Gasteiger partial charge on any atom is -0.456 e. The minimum absolute atomic E-state index is 0.0198. The number of hydrogen-bond acceptors (Lipinski definition) is 8. The van der Waals surface area contributed by atoms with E-state index in [2.05, 4.69) is 33.9 Å². The molecule has 152 valence electrons. The zero-order chi connectivity index (χ0) is 20.3. The van der Waals surface area contributed by atoms with Gasteiger partial charge in [0.05, 0.1) is 6.61 Å². The molecule has 1 aliphatic heterocycles. The van der Waals surface area contributed by atoms with Crippen LogP contribution in [0.15, 0.2) is 0 Å². The average molecular weight is 393 g/mol. The fraction of sp³-hybridized carbons (Fsp3) is 0.882. The summed E-state index contributed by atoms with van der Waals surface area (Å²) in [6.45, 7) is 13.1. The van der Waals surface area contributed by atoms with Crippen LogP contribution in [0, 0.1) is 0 Å². The zero-order valence-electron chi connectivity index (χ0n) is 16.9. The molecule has 0 bridgehead atoms. The molecule has 0 radical (unpaired) electrons. The molecule has 26 heavy (non-hydrogen) atoms. The van der Waals surface area contributed by atoms with E-state index in [-0.39, 0.29) is 11.6 Å². The van der Waals surface area contributed by atoms with Crippen LogP contribution in [0.25, 0.3) is 0 Å². The molecule has 1 heterocycles. The van der Waals surface area contributed by atoms with Gasteiger partial charge < -0.3 is 28.5 Å². The average Bonchev–Trinajstić information content (AvgIpc) is 2.48. The Balaban J connectivity index is 3.06. The van der Waals surface area contributed by atoms with Gasteiger partial charge in [0, 0.05) is 21.0 Å². The highest BCUT2D eigenvalue weighted by molar-refractivity contribution is 6.74. The first kappa shape index (κ1) is 23.0. The molecule has 8 nitrogen and oxygen atoms in total. The monoisotopic (exact) mass is 392 g/mol. The van der Waals surface area contributed by atoms with E-state index in [0.717, 1.165) is 0 Å². The van der Waals surface area contributed by atoms with E-state index in [9.17, 15) is 14.7 Å².